The van der Waals surface area contributed by atoms with Crippen LogP contribution in [0.4, 0.5) is 0 Å². The Bertz CT molecular complexity index is 113. The van der Waals surface area contributed by atoms with E-state index in [-0.39, 0.29) is 12.4 Å². The van der Waals surface area contributed by atoms with Crippen LogP contribution in [0.2, 0.25) is 0 Å². The fourth-order valence-electron chi connectivity index (χ4n) is 0.934. The molecular weight excluding hydrogens is 132 g/mol. The molecule has 1 aliphatic rings. The number of aldehydes is 1. The molecule has 0 aliphatic carbocycles. The molecule has 0 N–H and O–H groups in total. The van der Waals surface area contributed by atoms with Crippen LogP contribution in [0.25, 0.3) is 0 Å². The lowest BCUT2D eigenvalue weighted by Crippen LogP contribution is -2.12. The Morgan fingerprint density at radius 1 is 1.70 bits per heavy atom. The molecule has 1 rings (SSSR count). The zero-order valence-electron chi connectivity index (χ0n) is 6.08. The van der Waals surface area contributed by atoms with Crippen molar-refractivity contribution in [3.8, 4) is 0 Å². The van der Waals surface area contributed by atoms with Crippen molar-refractivity contribution in [1.29, 1.82) is 0 Å². The van der Waals surface area contributed by atoms with Crippen LogP contribution in [-0.2, 0) is 14.3 Å². The van der Waals surface area contributed by atoms with Gasteiger partial charge in [-0.05, 0) is 6.42 Å². The molecule has 58 valence electrons. The zero-order valence-corrected chi connectivity index (χ0v) is 6.08. The van der Waals surface area contributed by atoms with Crippen LogP contribution in [0.5, 0.6) is 0 Å². The smallest absolute Gasteiger partial charge is 0.158 e. The average Bonchev–Trinajstić information content (AvgIpc) is 2.37. The first-order valence-electron chi connectivity index (χ1n) is 3.59. The van der Waals surface area contributed by atoms with E-state index in [1.165, 1.54) is 0 Å². The highest BCUT2D eigenvalue weighted by molar-refractivity contribution is 5.56. The van der Waals surface area contributed by atoms with Gasteiger partial charge in [0.25, 0.3) is 0 Å². The number of rotatable bonds is 3. The van der Waals surface area contributed by atoms with E-state index in [9.17, 15) is 4.79 Å². The van der Waals surface area contributed by atoms with E-state index in [0.29, 0.717) is 6.61 Å². The van der Waals surface area contributed by atoms with Gasteiger partial charge in [0, 0.05) is 0 Å². The lowest BCUT2D eigenvalue weighted by molar-refractivity contribution is -0.119. The largest absolute Gasteiger partial charge is 0.349 e. The van der Waals surface area contributed by atoms with E-state index in [1.807, 2.05) is 0 Å². The second-order valence-corrected chi connectivity index (χ2v) is 2.36. The quantitative estimate of drug-likeness (QED) is 0.548. The Kier molecular flexibility index (Phi) is 2.83. The molecule has 10 heavy (non-hydrogen) atoms. The first-order valence-corrected chi connectivity index (χ1v) is 3.59. The molecule has 3 nitrogen and oxygen atoms in total. The number of carbonyl (C=O) groups is 1. The summed E-state index contributed by atoms with van der Waals surface area (Å²) in [6.45, 7) is 2.48. The van der Waals surface area contributed by atoms with E-state index < -0.39 is 0 Å². The van der Waals surface area contributed by atoms with Gasteiger partial charge in [0.15, 0.2) is 12.6 Å². The molecule has 1 heterocycles. The molecule has 0 bridgehead atoms. The van der Waals surface area contributed by atoms with Gasteiger partial charge in [-0.2, -0.15) is 0 Å². The molecule has 0 aromatic rings. The maximum Gasteiger partial charge on any atom is 0.158 e. The molecule has 2 unspecified atom stereocenters. The minimum atomic E-state index is -0.323. The van der Waals surface area contributed by atoms with Gasteiger partial charge in [0.05, 0.1) is 6.61 Å². The first kappa shape index (κ1) is 7.69. The molecule has 3 heteroatoms. The number of hydrogen-bond donors (Lipinski definition) is 0. The van der Waals surface area contributed by atoms with Gasteiger partial charge < -0.3 is 14.3 Å². The summed E-state index contributed by atoms with van der Waals surface area (Å²) in [4.78, 5) is 10.2. The molecule has 0 saturated carbocycles. The van der Waals surface area contributed by atoms with E-state index in [1.54, 1.807) is 0 Å². The number of ether oxygens (including phenoxy) is 2. The molecule has 1 aliphatic heterocycles. The fraction of sp³-hybridized carbons (Fsp3) is 0.857. The summed E-state index contributed by atoms with van der Waals surface area (Å²) in [6.07, 6.45) is 2.23. The van der Waals surface area contributed by atoms with Gasteiger partial charge in [-0.3, -0.25) is 0 Å². The van der Waals surface area contributed by atoms with Crippen LogP contribution in [0.1, 0.15) is 19.8 Å². The van der Waals surface area contributed by atoms with Crippen molar-refractivity contribution in [2.75, 3.05) is 6.61 Å². The second-order valence-electron chi connectivity index (χ2n) is 2.36. The third kappa shape index (κ3) is 1.78. The third-order valence-corrected chi connectivity index (χ3v) is 1.45. The van der Waals surface area contributed by atoms with Gasteiger partial charge >= 0.3 is 0 Å². The van der Waals surface area contributed by atoms with Gasteiger partial charge in [-0.15, -0.1) is 0 Å². The van der Waals surface area contributed by atoms with Gasteiger partial charge in [-0.25, -0.2) is 0 Å². The summed E-state index contributed by atoms with van der Waals surface area (Å²) in [5.41, 5.74) is 0. The molecule has 2 atom stereocenters. The first-order chi connectivity index (χ1) is 4.86. The minimum Gasteiger partial charge on any atom is -0.349 e. The van der Waals surface area contributed by atoms with E-state index in [2.05, 4.69) is 6.92 Å². The Morgan fingerprint density at radius 3 is 3.00 bits per heavy atom. The van der Waals surface area contributed by atoms with Crippen LogP contribution in [0, 0.1) is 0 Å². The second kappa shape index (κ2) is 3.68. The van der Waals surface area contributed by atoms with E-state index in [4.69, 9.17) is 9.47 Å². The minimum absolute atomic E-state index is 0.139. The molecule has 1 saturated heterocycles. The number of carbonyl (C=O) groups excluding carboxylic acids is 1. The Labute approximate surface area is 60.3 Å². The van der Waals surface area contributed by atoms with Crippen molar-refractivity contribution >= 4 is 6.29 Å². The van der Waals surface area contributed by atoms with E-state index >= 15 is 0 Å². The van der Waals surface area contributed by atoms with Crippen LogP contribution < -0.4 is 0 Å². The van der Waals surface area contributed by atoms with Crippen LogP contribution >= 0.6 is 0 Å². The predicted molar refractivity (Wildman–Crippen MR) is 35.6 cm³/mol. The molecule has 0 amide bonds. The average molecular weight is 144 g/mol. The van der Waals surface area contributed by atoms with Crippen LogP contribution in [0.15, 0.2) is 0 Å². The molecule has 1 fully saturated rings. The number of hydrogen-bond acceptors (Lipinski definition) is 3. The van der Waals surface area contributed by atoms with E-state index in [0.717, 1.165) is 19.1 Å². The Morgan fingerprint density at radius 2 is 2.50 bits per heavy atom. The summed E-state index contributed by atoms with van der Waals surface area (Å²) in [5, 5.41) is 0. The SMILES string of the molecule is CCCC1OCC(C=O)O1. The Hall–Kier alpha value is -0.410. The van der Waals surface area contributed by atoms with Crippen molar-refractivity contribution in [3.05, 3.63) is 0 Å². The highest BCUT2D eigenvalue weighted by Crippen LogP contribution is 2.13. The highest BCUT2D eigenvalue weighted by Gasteiger charge is 2.23. The van der Waals surface area contributed by atoms with Crippen molar-refractivity contribution in [1.82, 2.24) is 0 Å². The topological polar surface area (TPSA) is 35.5 Å². The summed E-state index contributed by atoms with van der Waals surface area (Å²) in [7, 11) is 0. The third-order valence-electron chi connectivity index (χ3n) is 1.45. The van der Waals surface area contributed by atoms with Crippen molar-refractivity contribution < 1.29 is 14.3 Å². The molecule has 0 aromatic carbocycles. The van der Waals surface area contributed by atoms with Crippen molar-refractivity contribution in [3.63, 3.8) is 0 Å². The van der Waals surface area contributed by atoms with Gasteiger partial charge in [-0.1, -0.05) is 13.3 Å². The highest BCUT2D eigenvalue weighted by atomic mass is 16.7. The molecule has 0 spiro atoms. The summed E-state index contributed by atoms with van der Waals surface area (Å²) in [5.74, 6) is 0. The lowest BCUT2D eigenvalue weighted by atomic mass is 10.3. The van der Waals surface area contributed by atoms with Crippen molar-refractivity contribution in [2.24, 2.45) is 0 Å². The zero-order chi connectivity index (χ0) is 7.40. The summed E-state index contributed by atoms with van der Waals surface area (Å²) in [6, 6.07) is 0. The normalized spacial score (nSPS) is 32.5. The van der Waals surface area contributed by atoms with Gasteiger partial charge in [0.2, 0.25) is 0 Å². The Balaban J connectivity index is 2.21. The predicted octanol–water partition coefficient (Wildman–Crippen LogP) is 0.727. The standard InChI is InChI=1S/C7H12O3/c1-2-3-7-9-5-6(4-8)10-7/h4,6-7H,2-3,5H2,1H3. The maximum absolute atomic E-state index is 10.2. The van der Waals surface area contributed by atoms with Crippen molar-refractivity contribution in [2.45, 2.75) is 32.2 Å². The van der Waals surface area contributed by atoms with Crippen LogP contribution in [0.3, 0.4) is 0 Å². The summed E-state index contributed by atoms with van der Waals surface area (Å²) >= 11 is 0. The van der Waals surface area contributed by atoms with Crippen LogP contribution in [-0.4, -0.2) is 25.3 Å². The molecular formula is C7H12O3. The molecule has 0 aromatic heterocycles. The lowest BCUT2D eigenvalue weighted by Gasteiger charge is -2.05. The maximum atomic E-state index is 10.2. The summed E-state index contributed by atoms with van der Waals surface area (Å²) < 4.78 is 10.3. The van der Waals surface area contributed by atoms with Gasteiger partial charge in [0.1, 0.15) is 6.10 Å². The fourth-order valence-corrected chi connectivity index (χ4v) is 0.934. The molecule has 0 radical (unpaired) electrons. The monoisotopic (exact) mass is 144 g/mol.